The van der Waals surface area contributed by atoms with Crippen LogP contribution < -0.4 is 5.59 Å². The number of aryl methyl sites for hydroxylation is 1. The van der Waals surface area contributed by atoms with Crippen molar-refractivity contribution in [2.24, 2.45) is 7.05 Å². The van der Waals surface area contributed by atoms with Gasteiger partial charge in [-0.25, -0.2) is 5.10 Å². The van der Waals surface area contributed by atoms with Crippen molar-refractivity contribution >= 4 is 12.6 Å². The molecule has 10 heavy (non-hydrogen) atoms. The van der Waals surface area contributed by atoms with E-state index in [0.717, 1.165) is 10.7 Å². The zero-order valence-electron chi connectivity index (χ0n) is 5.26. The van der Waals surface area contributed by atoms with Crippen LogP contribution >= 0.6 is 0 Å². The molecule has 1 rings (SSSR count). The normalized spacial score (nSPS) is 12.0. The maximum Gasteiger partial charge on any atom is 0.529 e. The Morgan fingerprint density at radius 3 is 2.30 bits per heavy atom. The van der Waals surface area contributed by atoms with E-state index in [1.54, 1.807) is 0 Å². The Kier molecular flexibility index (Phi) is 1.46. The lowest BCUT2D eigenvalue weighted by Gasteiger charge is -2.08. The molecule has 1 aromatic heterocycles. The van der Waals surface area contributed by atoms with E-state index in [1.807, 2.05) is 0 Å². The lowest BCUT2D eigenvalue weighted by atomic mass is 9.87. The maximum atomic E-state index is 11.8. The van der Waals surface area contributed by atoms with Gasteiger partial charge in [0.2, 0.25) is 0 Å². The van der Waals surface area contributed by atoms with Crippen molar-refractivity contribution in [2.75, 3.05) is 0 Å². The van der Waals surface area contributed by atoms with Crippen LogP contribution in [0.4, 0.5) is 12.9 Å². The summed E-state index contributed by atoms with van der Waals surface area (Å²) >= 11 is 0. The summed E-state index contributed by atoms with van der Waals surface area (Å²) in [6.07, 6.45) is 1.27. The molecule has 0 saturated carbocycles. The summed E-state index contributed by atoms with van der Waals surface area (Å²) in [5.74, 6) is 0. The molecule has 1 heterocycles. The third-order valence-corrected chi connectivity index (χ3v) is 1.07. The molecule has 0 unspecified atom stereocenters. The van der Waals surface area contributed by atoms with E-state index in [2.05, 4.69) is 5.10 Å². The second-order valence-corrected chi connectivity index (χ2v) is 1.99. The molecule has 0 amide bonds. The third-order valence-electron chi connectivity index (χ3n) is 1.07. The fraction of sp³-hybridized carbons (Fsp3) is 0.250. The lowest BCUT2D eigenvalue weighted by Crippen LogP contribution is -2.35. The van der Waals surface area contributed by atoms with E-state index in [-0.39, 0.29) is 0 Å². The van der Waals surface area contributed by atoms with Crippen molar-refractivity contribution in [1.82, 2.24) is 9.78 Å². The van der Waals surface area contributed by atoms with Crippen LogP contribution in [0.25, 0.3) is 0 Å². The Morgan fingerprint density at radius 2 is 2.10 bits per heavy atom. The quantitative estimate of drug-likeness (QED) is 0.530. The molecule has 6 heteroatoms. The number of halogens is 3. The van der Waals surface area contributed by atoms with Crippen LogP contribution in [0, 0.1) is 0 Å². The van der Waals surface area contributed by atoms with Crippen molar-refractivity contribution in [1.29, 1.82) is 0 Å². The maximum absolute atomic E-state index is 11.8. The molecule has 0 aliphatic carbocycles. The highest BCUT2D eigenvalue weighted by molar-refractivity contribution is 6.72. The fourth-order valence-corrected chi connectivity index (χ4v) is 0.608. The molecule has 56 valence electrons. The van der Waals surface area contributed by atoms with Crippen LogP contribution in [-0.4, -0.2) is 16.8 Å². The standard InChI is InChI=1S/C4H5BF3N2/c1-10-3-2-4(9-10)5(6,7)8/h2-3H,1H3/q-1. The minimum absolute atomic E-state index is 0.789. The zero-order chi connectivity index (χ0) is 7.78. The van der Waals surface area contributed by atoms with E-state index < -0.39 is 12.6 Å². The Balaban J connectivity index is 2.96. The molecule has 0 saturated heterocycles. The molecule has 0 aliphatic heterocycles. The van der Waals surface area contributed by atoms with E-state index in [0.29, 0.717) is 0 Å². The molecule has 0 spiro atoms. The number of nitrogens with zero attached hydrogens (tertiary/aromatic N) is 2. The van der Waals surface area contributed by atoms with Crippen LogP contribution in [0.3, 0.4) is 0 Å². The first-order valence-corrected chi connectivity index (χ1v) is 2.69. The molecule has 0 radical (unpaired) electrons. The average Bonchev–Trinajstić information content (AvgIpc) is 2.11. The Hall–Kier alpha value is -0.935. The summed E-state index contributed by atoms with van der Waals surface area (Å²) in [7, 11) is 1.45. The fourth-order valence-electron chi connectivity index (χ4n) is 0.608. The summed E-state index contributed by atoms with van der Waals surface area (Å²) in [6, 6.07) is 0.958. The smallest absolute Gasteiger partial charge is 0.444 e. The zero-order valence-corrected chi connectivity index (χ0v) is 5.26. The molecule has 0 fully saturated rings. The monoisotopic (exact) mass is 149 g/mol. The minimum Gasteiger partial charge on any atom is -0.444 e. The molecular formula is C4H5BF3N2-. The van der Waals surface area contributed by atoms with Gasteiger partial charge in [-0.2, -0.15) is 0 Å². The van der Waals surface area contributed by atoms with Crippen molar-refractivity contribution in [3.63, 3.8) is 0 Å². The first-order chi connectivity index (χ1) is 4.50. The largest absolute Gasteiger partial charge is 0.529 e. The highest BCUT2D eigenvalue weighted by Gasteiger charge is 2.27. The van der Waals surface area contributed by atoms with Crippen molar-refractivity contribution < 1.29 is 12.9 Å². The van der Waals surface area contributed by atoms with Crippen molar-refractivity contribution in [3.8, 4) is 0 Å². The van der Waals surface area contributed by atoms with Crippen LogP contribution in [0.15, 0.2) is 12.3 Å². The molecule has 0 aliphatic rings. The summed E-state index contributed by atoms with van der Waals surface area (Å²) < 4.78 is 36.5. The van der Waals surface area contributed by atoms with Gasteiger partial charge in [0.25, 0.3) is 0 Å². The van der Waals surface area contributed by atoms with E-state index in [1.165, 1.54) is 13.2 Å². The van der Waals surface area contributed by atoms with Crippen LogP contribution in [0.5, 0.6) is 0 Å². The molecule has 0 N–H and O–H groups in total. The summed E-state index contributed by atoms with van der Waals surface area (Å²) in [4.78, 5) is 0. The van der Waals surface area contributed by atoms with Crippen LogP contribution in [0.1, 0.15) is 0 Å². The van der Waals surface area contributed by atoms with Crippen molar-refractivity contribution in [2.45, 2.75) is 0 Å². The van der Waals surface area contributed by atoms with E-state index in [4.69, 9.17) is 0 Å². The van der Waals surface area contributed by atoms with Gasteiger partial charge >= 0.3 is 6.98 Å². The molecule has 1 aromatic rings. The predicted octanol–water partition coefficient (Wildman–Crippen LogP) is 0.475. The summed E-state index contributed by atoms with van der Waals surface area (Å²) in [6.45, 7) is -4.92. The predicted molar refractivity (Wildman–Crippen MR) is 31.9 cm³/mol. The van der Waals surface area contributed by atoms with Crippen molar-refractivity contribution in [3.05, 3.63) is 12.3 Å². The molecule has 2 nitrogen and oxygen atoms in total. The highest BCUT2D eigenvalue weighted by Crippen LogP contribution is 2.05. The second-order valence-electron chi connectivity index (χ2n) is 1.99. The van der Waals surface area contributed by atoms with Gasteiger partial charge in [0.15, 0.2) is 0 Å². The van der Waals surface area contributed by atoms with Gasteiger partial charge in [0.05, 0.1) is 0 Å². The Bertz CT molecular complexity index is 229. The minimum atomic E-state index is -4.92. The summed E-state index contributed by atoms with van der Waals surface area (Å²) in [5.41, 5.74) is -0.789. The average molecular weight is 149 g/mol. The number of hydrogen-bond donors (Lipinski definition) is 0. The molecule has 0 aromatic carbocycles. The third kappa shape index (κ3) is 1.31. The van der Waals surface area contributed by atoms with Gasteiger partial charge in [-0.15, -0.1) is 0 Å². The Morgan fingerprint density at radius 1 is 1.50 bits per heavy atom. The number of hydrogen-bond acceptors (Lipinski definition) is 1. The SMILES string of the molecule is Cn1ccc([B-](F)(F)F)n1. The van der Waals surface area contributed by atoms with Gasteiger partial charge in [0, 0.05) is 18.8 Å². The lowest BCUT2D eigenvalue weighted by molar-refractivity contribution is 0.497. The van der Waals surface area contributed by atoms with Gasteiger partial charge in [-0.05, 0) is 0 Å². The van der Waals surface area contributed by atoms with Gasteiger partial charge in [-0.1, -0.05) is 6.07 Å². The second kappa shape index (κ2) is 2.03. The molecular weight excluding hydrogens is 144 g/mol. The number of aromatic nitrogens is 2. The number of rotatable bonds is 1. The van der Waals surface area contributed by atoms with Crippen LogP contribution in [0.2, 0.25) is 0 Å². The Labute approximate surface area is 55.7 Å². The van der Waals surface area contributed by atoms with Gasteiger partial charge in [0.1, 0.15) is 0 Å². The molecule has 0 bridgehead atoms. The topological polar surface area (TPSA) is 17.8 Å². The van der Waals surface area contributed by atoms with E-state index >= 15 is 0 Å². The highest BCUT2D eigenvalue weighted by atomic mass is 19.4. The van der Waals surface area contributed by atoms with E-state index in [9.17, 15) is 12.9 Å². The first kappa shape index (κ1) is 7.18. The van der Waals surface area contributed by atoms with Gasteiger partial charge in [-0.3, -0.25) is 4.68 Å². The first-order valence-electron chi connectivity index (χ1n) is 2.69. The van der Waals surface area contributed by atoms with Gasteiger partial charge < -0.3 is 12.9 Å². The molecule has 0 atom stereocenters. The summed E-state index contributed by atoms with van der Waals surface area (Å²) in [5, 5.41) is 3.20. The van der Waals surface area contributed by atoms with Crippen LogP contribution in [-0.2, 0) is 7.05 Å².